The second-order valence-corrected chi connectivity index (χ2v) is 10.3. The van der Waals surface area contributed by atoms with Gasteiger partial charge >= 0.3 is 0 Å². The molecule has 0 bridgehead atoms. The highest BCUT2D eigenvalue weighted by molar-refractivity contribution is 7.99. The highest BCUT2D eigenvalue weighted by atomic mass is 32.2. The fourth-order valence-corrected chi connectivity index (χ4v) is 5.69. The Kier molecular flexibility index (Phi) is 8.00. The maximum atomic E-state index is 12.8. The van der Waals surface area contributed by atoms with Gasteiger partial charge in [0.25, 0.3) is 0 Å². The number of aromatic nitrogens is 3. The van der Waals surface area contributed by atoms with Crippen LogP contribution in [0.4, 0.5) is 5.95 Å². The lowest BCUT2D eigenvalue weighted by atomic mass is 10.0. The van der Waals surface area contributed by atoms with Crippen LogP contribution in [-0.2, 0) is 11.3 Å². The van der Waals surface area contributed by atoms with Crippen LogP contribution in [0.3, 0.4) is 0 Å². The van der Waals surface area contributed by atoms with Gasteiger partial charge in [0.1, 0.15) is 0 Å². The van der Waals surface area contributed by atoms with Crippen LogP contribution >= 0.6 is 11.8 Å². The summed E-state index contributed by atoms with van der Waals surface area (Å²) in [5.74, 6) is 1.29. The number of nitrogens with one attached hydrogen (secondary N) is 1. The van der Waals surface area contributed by atoms with Crippen LogP contribution in [0, 0.1) is 0 Å². The van der Waals surface area contributed by atoms with E-state index in [-0.39, 0.29) is 11.9 Å². The van der Waals surface area contributed by atoms with Gasteiger partial charge in [-0.25, -0.2) is 0 Å². The molecule has 3 heterocycles. The molecule has 0 radical (unpaired) electrons. The number of amides is 1. The van der Waals surface area contributed by atoms with Gasteiger partial charge in [-0.2, -0.15) is 0 Å². The number of carbonyl (C=O) groups is 1. The lowest BCUT2D eigenvalue weighted by molar-refractivity contribution is -0.119. The van der Waals surface area contributed by atoms with E-state index in [1.165, 1.54) is 36.6 Å². The molecule has 2 aromatic carbocycles. The molecule has 0 unspecified atom stereocenters. The van der Waals surface area contributed by atoms with Gasteiger partial charge < -0.3 is 10.2 Å². The van der Waals surface area contributed by atoms with Crippen molar-refractivity contribution in [3.8, 4) is 5.69 Å². The van der Waals surface area contributed by atoms with Crippen molar-refractivity contribution < 1.29 is 4.79 Å². The number of rotatable bonds is 8. The number of hydrogen-bond donors (Lipinski definition) is 1. The summed E-state index contributed by atoms with van der Waals surface area (Å²) in [4.78, 5) is 17.6. The molecule has 5 rings (SSSR count). The zero-order valence-electron chi connectivity index (χ0n) is 20.2. The van der Waals surface area contributed by atoms with Crippen LogP contribution < -0.4 is 10.2 Å². The number of carbonyl (C=O) groups excluding carboxylic acids is 1. The molecule has 7 nitrogen and oxygen atoms in total. The van der Waals surface area contributed by atoms with Gasteiger partial charge in [0.15, 0.2) is 5.16 Å². The minimum atomic E-state index is 0.0682. The van der Waals surface area contributed by atoms with E-state index in [0.29, 0.717) is 5.75 Å². The molecule has 2 fully saturated rings. The molecule has 0 aliphatic carbocycles. The smallest absolute Gasteiger partial charge is 0.232 e. The molecule has 2 aliphatic rings. The maximum Gasteiger partial charge on any atom is 0.232 e. The van der Waals surface area contributed by atoms with E-state index in [1.807, 2.05) is 18.2 Å². The second-order valence-electron chi connectivity index (χ2n) is 9.39. The maximum absolute atomic E-state index is 12.8. The van der Waals surface area contributed by atoms with Crippen molar-refractivity contribution in [2.24, 2.45) is 0 Å². The van der Waals surface area contributed by atoms with Crippen molar-refractivity contribution in [3.05, 3.63) is 66.2 Å². The summed E-state index contributed by atoms with van der Waals surface area (Å²) >= 11 is 1.47. The summed E-state index contributed by atoms with van der Waals surface area (Å²) in [6.07, 6.45) is 5.60. The van der Waals surface area contributed by atoms with E-state index in [1.54, 1.807) is 0 Å². The molecule has 3 aromatic rings. The van der Waals surface area contributed by atoms with Gasteiger partial charge in [-0.3, -0.25) is 14.3 Å². The third-order valence-corrected chi connectivity index (χ3v) is 7.73. The van der Waals surface area contributed by atoms with Gasteiger partial charge in [-0.1, -0.05) is 60.3 Å². The van der Waals surface area contributed by atoms with Crippen molar-refractivity contribution in [1.82, 2.24) is 25.0 Å². The monoisotopic (exact) mass is 490 g/mol. The third-order valence-electron chi connectivity index (χ3n) is 6.80. The van der Waals surface area contributed by atoms with E-state index in [9.17, 15) is 4.79 Å². The van der Waals surface area contributed by atoms with E-state index in [4.69, 9.17) is 0 Å². The average molecular weight is 491 g/mol. The molecular formula is C27H34N6OS. The zero-order chi connectivity index (χ0) is 23.9. The molecule has 0 atom stereocenters. The predicted octanol–water partition coefficient (Wildman–Crippen LogP) is 4.13. The average Bonchev–Trinajstić information content (AvgIpc) is 3.34. The van der Waals surface area contributed by atoms with E-state index >= 15 is 0 Å². The predicted molar refractivity (Wildman–Crippen MR) is 141 cm³/mol. The minimum Gasteiger partial charge on any atom is -0.353 e. The summed E-state index contributed by atoms with van der Waals surface area (Å²) < 4.78 is 2.10. The molecule has 2 aliphatic heterocycles. The number of hydrogen-bond acceptors (Lipinski definition) is 6. The zero-order valence-corrected chi connectivity index (χ0v) is 21.0. The number of anilines is 1. The Morgan fingerprint density at radius 2 is 1.57 bits per heavy atom. The van der Waals surface area contributed by atoms with Gasteiger partial charge in [-0.15, -0.1) is 10.2 Å². The first-order valence-corrected chi connectivity index (χ1v) is 13.7. The number of piperidine rings is 2. The van der Waals surface area contributed by atoms with Gasteiger partial charge in [0.05, 0.1) is 11.4 Å². The molecule has 0 spiro atoms. The standard InChI is InChI=1S/C27H34N6OS/c34-25(28-23-14-18-31(19-15-23)20-22-10-4-1-5-11-22)21-35-27-30-29-26(32-16-8-3-9-17-32)33(27)24-12-6-2-7-13-24/h1-2,4-7,10-13,23H,3,8-9,14-21H2,(H,28,34). The molecule has 184 valence electrons. The first-order valence-electron chi connectivity index (χ1n) is 12.7. The molecule has 2 saturated heterocycles. The fourth-order valence-electron chi connectivity index (χ4n) is 4.93. The number of likely N-dealkylation sites (tertiary alicyclic amines) is 1. The number of benzene rings is 2. The highest BCUT2D eigenvalue weighted by Crippen LogP contribution is 2.28. The number of para-hydroxylation sites is 1. The lowest BCUT2D eigenvalue weighted by Crippen LogP contribution is -2.44. The first kappa shape index (κ1) is 23.9. The Labute approximate surface area is 211 Å². The summed E-state index contributed by atoms with van der Waals surface area (Å²) in [6, 6.07) is 21.1. The highest BCUT2D eigenvalue weighted by Gasteiger charge is 2.24. The van der Waals surface area contributed by atoms with Crippen LogP contribution in [0.25, 0.3) is 5.69 Å². The Balaban J connectivity index is 1.16. The number of nitrogens with zero attached hydrogens (tertiary/aromatic N) is 5. The third kappa shape index (κ3) is 6.24. The van der Waals surface area contributed by atoms with Crippen molar-refractivity contribution in [2.75, 3.05) is 36.8 Å². The van der Waals surface area contributed by atoms with Crippen molar-refractivity contribution in [2.45, 2.75) is 49.8 Å². The summed E-state index contributed by atoms with van der Waals surface area (Å²) in [5, 5.41) is 13.0. The topological polar surface area (TPSA) is 66.3 Å². The Morgan fingerprint density at radius 3 is 2.29 bits per heavy atom. The Hall–Kier alpha value is -2.84. The molecule has 1 amide bonds. The lowest BCUT2D eigenvalue weighted by Gasteiger charge is -2.32. The molecule has 35 heavy (non-hydrogen) atoms. The van der Waals surface area contributed by atoms with Gasteiger partial charge in [0.2, 0.25) is 11.9 Å². The molecule has 1 aromatic heterocycles. The largest absolute Gasteiger partial charge is 0.353 e. The molecule has 1 N–H and O–H groups in total. The normalized spacial score (nSPS) is 17.4. The van der Waals surface area contributed by atoms with Crippen LogP contribution in [0.2, 0.25) is 0 Å². The molecule has 8 heteroatoms. The van der Waals surface area contributed by atoms with Crippen LogP contribution in [0.1, 0.15) is 37.7 Å². The van der Waals surface area contributed by atoms with Gasteiger partial charge in [0, 0.05) is 38.8 Å². The first-order chi connectivity index (χ1) is 17.3. The van der Waals surface area contributed by atoms with Gasteiger partial charge in [-0.05, 0) is 49.8 Å². The van der Waals surface area contributed by atoms with E-state index in [2.05, 4.69) is 72.3 Å². The second kappa shape index (κ2) is 11.7. The Morgan fingerprint density at radius 1 is 0.886 bits per heavy atom. The minimum absolute atomic E-state index is 0.0682. The SMILES string of the molecule is O=C(CSc1nnc(N2CCCCC2)n1-c1ccccc1)NC1CCN(Cc2ccccc2)CC1. The summed E-state index contributed by atoms with van der Waals surface area (Å²) in [6.45, 7) is 4.99. The van der Waals surface area contributed by atoms with Crippen molar-refractivity contribution in [1.29, 1.82) is 0 Å². The summed E-state index contributed by atoms with van der Waals surface area (Å²) in [5.41, 5.74) is 2.38. The number of thioether (sulfide) groups is 1. The van der Waals surface area contributed by atoms with Crippen LogP contribution in [0.15, 0.2) is 65.8 Å². The fraction of sp³-hybridized carbons (Fsp3) is 0.444. The van der Waals surface area contributed by atoms with E-state index in [0.717, 1.165) is 62.4 Å². The van der Waals surface area contributed by atoms with E-state index < -0.39 is 0 Å². The molecule has 0 saturated carbocycles. The Bertz CT molecular complexity index is 1080. The van der Waals surface area contributed by atoms with Crippen molar-refractivity contribution >= 4 is 23.6 Å². The van der Waals surface area contributed by atoms with Crippen LogP contribution in [-0.4, -0.2) is 63.5 Å². The van der Waals surface area contributed by atoms with Crippen LogP contribution in [0.5, 0.6) is 0 Å². The molecular weight excluding hydrogens is 456 g/mol. The quantitative estimate of drug-likeness (QED) is 0.479. The summed E-state index contributed by atoms with van der Waals surface area (Å²) in [7, 11) is 0. The van der Waals surface area contributed by atoms with Crippen molar-refractivity contribution in [3.63, 3.8) is 0 Å².